The van der Waals surface area contributed by atoms with Crippen molar-refractivity contribution < 1.29 is 0 Å². The Balaban J connectivity index is 1.75. The van der Waals surface area contributed by atoms with Gasteiger partial charge in [-0.15, -0.1) is 0 Å². The van der Waals surface area contributed by atoms with Gasteiger partial charge in [-0.3, -0.25) is 0 Å². The summed E-state index contributed by atoms with van der Waals surface area (Å²) in [6.45, 7) is 3.09. The van der Waals surface area contributed by atoms with Crippen LogP contribution in [-0.2, 0) is 0 Å². The van der Waals surface area contributed by atoms with Gasteiger partial charge in [-0.05, 0) is 52.5 Å². The second-order valence-corrected chi connectivity index (χ2v) is 6.52. The fraction of sp³-hybridized carbons (Fsp3) is 0.625. The molecule has 2 rings (SSSR count). The van der Waals surface area contributed by atoms with Crippen LogP contribution in [0.1, 0.15) is 19.3 Å². The Morgan fingerprint density at radius 1 is 1.20 bits per heavy atom. The molecule has 0 amide bonds. The van der Waals surface area contributed by atoms with Crippen molar-refractivity contribution in [3.8, 4) is 0 Å². The number of hydrogen-bond acceptors (Lipinski definition) is 3. The van der Waals surface area contributed by atoms with Gasteiger partial charge in [0.15, 0.2) is 0 Å². The van der Waals surface area contributed by atoms with Crippen molar-refractivity contribution in [3.05, 3.63) is 29.3 Å². The van der Waals surface area contributed by atoms with Gasteiger partial charge in [-0.2, -0.15) is 0 Å². The average Bonchev–Trinajstić information content (AvgIpc) is 2.36. The van der Waals surface area contributed by atoms with Crippen molar-refractivity contribution in [2.45, 2.75) is 24.8 Å². The number of para-hydroxylation sites is 1. The summed E-state index contributed by atoms with van der Waals surface area (Å²) in [6.07, 6.45) is 4.01. The minimum absolute atomic E-state index is 0.402. The van der Waals surface area contributed by atoms with Crippen LogP contribution < -0.4 is 5.32 Å². The van der Waals surface area contributed by atoms with Crippen molar-refractivity contribution in [3.63, 3.8) is 0 Å². The molecule has 0 aliphatic heterocycles. The second-order valence-electron chi connectivity index (χ2n) is 6.12. The van der Waals surface area contributed by atoms with Crippen molar-refractivity contribution in [1.82, 2.24) is 9.80 Å². The van der Waals surface area contributed by atoms with Gasteiger partial charge >= 0.3 is 0 Å². The number of nitrogens with one attached hydrogen (secondary N) is 1. The van der Waals surface area contributed by atoms with E-state index in [9.17, 15) is 0 Å². The SMILES string of the molecule is CN(CCNc1ccccc1Cl)CC1(N(C)C)CCC1. The normalized spacial score (nSPS) is 17.3. The van der Waals surface area contributed by atoms with Gasteiger partial charge in [0, 0.05) is 25.2 Å². The van der Waals surface area contributed by atoms with E-state index in [1.165, 1.54) is 19.3 Å². The van der Waals surface area contributed by atoms with Crippen LogP contribution in [0.2, 0.25) is 5.02 Å². The van der Waals surface area contributed by atoms with Gasteiger partial charge in [-0.25, -0.2) is 0 Å². The Hall–Kier alpha value is -0.770. The van der Waals surface area contributed by atoms with Crippen LogP contribution in [-0.4, -0.2) is 56.1 Å². The van der Waals surface area contributed by atoms with E-state index in [1.54, 1.807) is 0 Å². The quantitative estimate of drug-likeness (QED) is 0.833. The molecule has 0 spiro atoms. The van der Waals surface area contributed by atoms with E-state index in [0.717, 1.165) is 30.3 Å². The smallest absolute Gasteiger partial charge is 0.0637 e. The standard InChI is InChI=1S/C16H26ClN3/c1-19(2)16(9-6-10-16)13-20(3)12-11-18-15-8-5-4-7-14(15)17/h4-5,7-8,18H,6,9-13H2,1-3H3. The summed E-state index contributed by atoms with van der Waals surface area (Å²) in [5.74, 6) is 0. The van der Waals surface area contributed by atoms with E-state index < -0.39 is 0 Å². The molecule has 1 aliphatic rings. The van der Waals surface area contributed by atoms with Crippen LogP contribution >= 0.6 is 11.6 Å². The van der Waals surface area contributed by atoms with Crippen molar-refractivity contribution in [2.24, 2.45) is 0 Å². The lowest BCUT2D eigenvalue weighted by Crippen LogP contribution is -2.57. The predicted octanol–water partition coefficient (Wildman–Crippen LogP) is 3.17. The average molecular weight is 296 g/mol. The molecule has 0 heterocycles. The molecule has 0 aromatic heterocycles. The first-order valence-electron chi connectivity index (χ1n) is 7.38. The van der Waals surface area contributed by atoms with Crippen molar-refractivity contribution in [1.29, 1.82) is 0 Å². The highest BCUT2D eigenvalue weighted by Crippen LogP contribution is 2.36. The molecule has 0 bridgehead atoms. The monoisotopic (exact) mass is 295 g/mol. The second kappa shape index (κ2) is 6.79. The summed E-state index contributed by atoms with van der Waals surface area (Å²) in [4.78, 5) is 4.82. The van der Waals surface area contributed by atoms with Crippen LogP contribution in [0.3, 0.4) is 0 Å². The molecule has 1 fully saturated rings. The zero-order valence-corrected chi connectivity index (χ0v) is 13.6. The molecule has 1 N–H and O–H groups in total. The molecule has 1 aromatic rings. The molecule has 20 heavy (non-hydrogen) atoms. The minimum atomic E-state index is 0.402. The number of nitrogens with zero attached hydrogens (tertiary/aromatic N) is 2. The number of likely N-dealkylation sites (N-methyl/N-ethyl adjacent to an activating group) is 2. The number of hydrogen-bond donors (Lipinski definition) is 1. The van der Waals surface area contributed by atoms with Crippen LogP contribution in [0, 0.1) is 0 Å². The van der Waals surface area contributed by atoms with Gasteiger partial charge in [-0.1, -0.05) is 23.7 Å². The summed E-state index contributed by atoms with van der Waals surface area (Å²) in [6, 6.07) is 7.91. The summed E-state index contributed by atoms with van der Waals surface area (Å²) in [7, 11) is 6.61. The maximum atomic E-state index is 6.14. The van der Waals surface area contributed by atoms with E-state index >= 15 is 0 Å². The summed E-state index contributed by atoms with van der Waals surface area (Å²) >= 11 is 6.14. The van der Waals surface area contributed by atoms with Crippen LogP contribution in [0.5, 0.6) is 0 Å². The lowest BCUT2D eigenvalue weighted by molar-refractivity contribution is 0.0289. The van der Waals surface area contributed by atoms with E-state index in [0.29, 0.717) is 5.54 Å². The van der Waals surface area contributed by atoms with E-state index in [2.05, 4.69) is 36.3 Å². The highest BCUT2D eigenvalue weighted by Gasteiger charge is 2.39. The van der Waals surface area contributed by atoms with Crippen LogP contribution in [0.4, 0.5) is 5.69 Å². The molecule has 0 saturated heterocycles. The molecular formula is C16H26ClN3. The molecule has 1 aliphatic carbocycles. The lowest BCUT2D eigenvalue weighted by atomic mass is 9.75. The van der Waals surface area contributed by atoms with Crippen molar-refractivity contribution >= 4 is 17.3 Å². The first-order chi connectivity index (χ1) is 9.53. The van der Waals surface area contributed by atoms with E-state index in [-0.39, 0.29) is 0 Å². The molecule has 0 radical (unpaired) electrons. The largest absolute Gasteiger partial charge is 0.383 e. The molecule has 4 heteroatoms. The number of anilines is 1. The zero-order valence-electron chi connectivity index (χ0n) is 12.8. The summed E-state index contributed by atoms with van der Waals surface area (Å²) in [5.41, 5.74) is 1.42. The van der Waals surface area contributed by atoms with E-state index in [4.69, 9.17) is 11.6 Å². The van der Waals surface area contributed by atoms with E-state index in [1.807, 2.05) is 24.3 Å². The zero-order chi connectivity index (χ0) is 14.6. The topological polar surface area (TPSA) is 18.5 Å². The molecule has 112 valence electrons. The third kappa shape index (κ3) is 3.66. The first-order valence-corrected chi connectivity index (χ1v) is 7.76. The Bertz CT molecular complexity index is 429. The molecule has 0 unspecified atom stereocenters. The maximum Gasteiger partial charge on any atom is 0.0637 e. The van der Waals surface area contributed by atoms with Crippen LogP contribution in [0.15, 0.2) is 24.3 Å². The lowest BCUT2D eigenvalue weighted by Gasteiger charge is -2.49. The Morgan fingerprint density at radius 2 is 1.90 bits per heavy atom. The Kier molecular flexibility index (Phi) is 5.30. The highest BCUT2D eigenvalue weighted by atomic mass is 35.5. The number of benzene rings is 1. The Morgan fingerprint density at radius 3 is 2.45 bits per heavy atom. The molecule has 0 atom stereocenters. The van der Waals surface area contributed by atoms with Gasteiger partial charge in [0.25, 0.3) is 0 Å². The third-order valence-electron chi connectivity index (χ3n) is 4.48. The Labute approximate surface area is 127 Å². The molecule has 1 saturated carbocycles. The third-order valence-corrected chi connectivity index (χ3v) is 4.81. The predicted molar refractivity (Wildman–Crippen MR) is 87.7 cm³/mol. The first kappa shape index (κ1) is 15.6. The summed E-state index contributed by atoms with van der Waals surface area (Å²) in [5, 5.41) is 4.20. The van der Waals surface area contributed by atoms with Gasteiger partial charge in [0.2, 0.25) is 0 Å². The molecule has 3 nitrogen and oxygen atoms in total. The number of rotatable bonds is 7. The van der Waals surface area contributed by atoms with Crippen LogP contribution in [0.25, 0.3) is 0 Å². The maximum absolute atomic E-state index is 6.14. The van der Waals surface area contributed by atoms with Crippen molar-refractivity contribution in [2.75, 3.05) is 46.1 Å². The molecular weight excluding hydrogens is 270 g/mol. The fourth-order valence-corrected chi connectivity index (χ4v) is 3.10. The molecule has 1 aromatic carbocycles. The minimum Gasteiger partial charge on any atom is -0.383 e. The number of halogens is 1. The highest BCUT2D eigenvalue weighted by molar-refractivity contribution is 6.33. The van der Waals surface area contributed by atoms with Gasteiger partial charge in [0.1, 0.15) is 0 Å². The van der Waals surface area contributed by atoms with Gasteiger partial charge < -0.3 is 15.1 Å². The fourth-order valence-electron chi connectivity index (χ4n) is 2.90. The summed E-state index contributed by atoms with van der Waals surface area (Å²) < 4.78 is 0. The van der Waals surface area contributed by atoms with Gasteiger partial charge in [0.05, 0.1) is 10.7 Å².